The Morgan fingerprint density at radius 1 is 1.23 bits per heavy atom. The van der Waals surface area contributed by atoms with Crippen LogP contribution in [-0.4, -0.2) is 40.0 Å². The summed E-state index contributed by atoms with van der Waals surface area (Å²) in [7, 11) is 0. The van der Waals surface area contributed by atoms with Gasteiger partial charge >= 0.3 is 6.18 Å². The molecular formula is C17H18F3N5O. The largest absolute Gasteiger partial charge is 0.433 e. The van der Waals surface area contributed by atoms with Gasteiger partial charge in [0.15, 0.2) is 0 Å². The lowest BCUT2D eigenvalue weighted by Crippen LogP contribution is -2.45. The van der Waals surface area contributed by atoms with Crippen molar-refractivity contribution in [2.24, 2.45) is 0 Å². The number of carbonyl (C=O) groups excluding carboxylic acids is 1. The van der Waals surface area contributed by atoms with E-state index < -0.39 is 11.9 Å². The molecule has 1 saturated heterocycles. The van der Waals surface area contributed by atoms with Gasteiger partial charge in [-0.05, 0) is 31.9 Å². The van der Waals surface area contributed by atoms with Gasteiger partial charge in [-0.2, -0.15) is 13.2 Å². The molecule has 3 rings (SSSR count). The molecule has 1 amide bonds. The fraction of sp³-hybridized carbons (Fsp3) is 0.412. The minimum Gasteiger partial charge on any atom is -0.356 e. The average Bonchev–Trinajstić information content (AvgIpc) is 2.62. The molecule has 138 valence electrons. The van der Waals surface area contributed by atoms with E-state index in [1.165, 1.54) is 6.92 Å². The molecule has 0 aromatic carbocycles. The molecule has 3 heterocycles. The van der Waals surface area contributed by atoms with Gasteiger partial charge in [-0.1, -0.05) is 6.07 Å². The number of aryl methyl sites for hydroxylation is 1. The number of halogens is 3. The fourth-order valence-corrected chi connectivity index (χ4v) is 2.87. The third kappa shape index (κ3) is 4.27. The van der Waals surface area contributed by atoms with Crippen molar-refractivity contribution in [2.75, 3.05) is 18.0 Å². The lowest BCUT2D eigenvalue weighted by molar-refractivity contribution is -0.141. The van der Waals surface area contributed by atoms with E-state index in [2.05, 4.69) is 20.3 Å². The van der Waals surface area contributed by atoms with Gasteiger partial charge in [0, 0.05) is 31.4 Å². The summed E-state index contributed by atoms with van der Waals surface area (Å²) >= 11 is 0. The van der Waals surface area contributed by atoms with Crippen molar-refractivity contribution in [1.82, 2.24) is 20.3 Å². The number of hydrogen-bond donors (Lipinski definition) is 1. The van der Waals surface area contributed by atoms with Gasteiger partial charge in [0.25, 0.3) is 5.91 Å². The summed E-state index contributed by atoms with van der Waals surface area (Å²) in [4.78, 5) is 25.5. The molecule has 0 bridgehead atoms. The average molecular weight is 365 g/mol. The lowest BCUT2D eigenvalue weighted by Gasteiger charge is -2.33. The topological polar surface area (TPSA) is 71.0 Å². The van der Waals surface area contributed by atoms with Crippen molar-refractivity contribution in [1.29, 1.82) is 0 Å². The normalized spacial score (nSPS) is 15.8. The van der Waals surface area contributed by atoms with Crippen molar-refractivity contribution in [3.05, 3.63) is 47.7 Å². The van der Waals surface area contributed by atoms with Crippen LogP contribution in [0.25, 0.3) is 0 Å². The third-order valence-corrected chi connectivity index (χ3v) is 4.17. The summed E-state index contributed by atoms with van der Waals surface area (Å²) in [6.45, 7) is 2.44. The number of aromatic nitrogens is 3. The van der Waals surface area contributed by atoms with E-state index in [1.807, 2.05) is 0 Å². The molecule has 0 aliphatic carbocycles. The quantitative estimate of drug-likeness (QED) is 0.905. The number of rotatable bonds is 3. The fourth-order valence-electron chi connectivity index (χ4n) is 2.87. The second kappa shape index (κ2) is 7.27. The maximum atomic E-state index is 12.9. The molecule has 2 aromatic heterocycles. The smallest absolute Gasteiger partial charge is 0.356 e. The van der Waals surface area contributed by atoms with Crippen molar-refractivity contribution in [2.45, 2.75) is 32.0 Å². The highest BCUT2D eigenvalue weighted by atomic mass is 19.4. The number of nitrogens with one attached hydrogen (secondary N) is 1. The Hall–Kier alpha value is -2.71. The zero-order valence-electron chi connectivity index (χ0n) is 14.1. The summed E-state index contributed by atoms with van der Waals surface area (Å²) in [5.74, 6) is 0.0982. The zero-order valence-corrected chi connectivity index (χ0v) is 14.1. The second-order valence-electron chi connectivity index (χ2n) is 6.11. The van der Waals surface area contributed by atoms with Crippen LogP contribution in [0.4, 0.5) is 19.0 Å². The summed E-state index contributed by atoms with van der Waals surface area (Å²) < 4.78 is 38.8. The minimum atomic E-state index is -4.50. The molecule has 0 saturated carbocycles. The highest BCUT2D eigenvalue weighted by Gasteiger charge is 2.34. The molecule has 1 fully saturated rings. The first-order valence-electron chi connectivity index (χ1n) is 8.22. The summed E-state index contributed by atoms with van der Waals surface area (Å²) in [6.07, 6.45) is -1.73. The van der Waals surface area contributed by atoms with Crippen LogP contribution in [0.15, 0.2) is 30.5 Å². The molecule has 26 heavy (non-hydrogen) atoms. The van der Waals surface area contributed by atoms with Crippen LogP contribution >= 0.6 is 0 Å². The Morgan fingerprint density at radius 3 is 2.58 bits per heavy atom. The third-order valence-electron chi connectivity index (χ3n) is 4.17. The van der Waals surface area contributed by atoms with E-state index >= 15 is 0 Å². The molecular weight excluding hydrogens is 347 g/mol. The van der Waals surface area contributed by atoms with Crippen LogP contribution in [0.1, 0.15) is 34.8 Å². The Bertz CT molecular complexity index is 774. The number of piperidine rings is 1. The molecule has 0 spiro atoms. The monoisotopic (exact) mass is 365 g/mol. The molecule has 0 atom stereocenters. The van der Waals surface area contributed by atoms with Crippen LogP contribution in [0, 0.1) is 6.92 Å². The molecule has 2 aromatic rings. The molecule has 9 heteroatoms. The van der Waals surface area contributed by atoms with Crippen LogP contribution in [0.3, 0.4) is 0 Å². The van der Waals surface area contributed by atoms with Crippen LogP contribution in [-0.2, 0) is 6.18 Å². The highest BCUT2D eigenvalue weighted by Crippen LogP contribution is 2.30. The molecule has 1 N–H and O–H groups in total. The number of alkyl halides is 3. The van der Waals surface area contributed by atoms with Crippen molar-refractivity contribution < 1.29 is 18.0 Å². The van der Waals surface area contributed by atoms with Crippen molar-refractivity contribution in [3.8, 4) is 0 Å². The molecule has 1 aliphatic rings. The van der Waals surface area contributed by atoms with E-state index in [-0.39, 0.29) is 23.6 Å². The van der Waals surface area contributed by atoms with Gasteiger partial charge < -0.3 is 10.2 Å². The van der Waals surface area contributed by atoms with E-state index in [9.17, 15) is 18.0 Å². The summed E-state index contributed by atoms with van der Waals surface area (Å²) in [5.41, 5.74) is -0.596. The number of nitrogens with zero attached hydrogens (tertiary/aromatic N) is 4. The lowest BCUT2D eigenvalue weighted by atomic mass is 10.0. The van der Waals surface area contributed by atoms with Crippen molar-refractivity contribution >= 4 is 11.7 Å². The number of amides is 1. The maximum Gasteiger partial charge on any atom is 0.433 e. The van der Waals surface area contributed by atoms with Crippen LogP contribution in [0.5, 0.6) is 0 Å². The minimum absolute atomic E-state index is 0.0502. The first kappa shape index (κ1) is 18.1. The molecule has 0 unspecified atom stereocenters. The predicted molar refractivity (Wildman–Crippen MR) is 88.7 cm³/mol. The summed E-state index contributed by atoms with van der Waals surface area (Å²) in [6, 6.07) is 6.02. The van der Waals surface area contributed by atoms with Gasteiger partial charge in [-0.15, -0.1) is 0 Å². The van der Waals surface area contributed by atoms with Gasteiger partial charge in [-0.3, -0.25) is 9.78 Å². The number of carbonyl (C=O) groups is 1. The van der Waals surface area contributed by atoms with Crippen LogP contribution in [0.2, 0.25) is 0 Å². The maximum absolute atomic E-state index is 12.9. The van der Waals surface area contributed by atoms with Gasteiger partial charge in [0.1, 0.15) is 23.0 Å². The van der Waals surface area contributed by atoms with Gasteiger partial charge in [0.05, 0.1) is 0 Å². The number of anilines is 1. The Morgan fingerprint density at radius 2 is 1.96 bits per heavy atom. The summed E-state index contributed by atoms with van der Waals surface area (Å²) in [5, 5.41) is 2.91. The molecule has 0 radical (unpaired) electrons. The van der Waals surface area contributed by atoms with E-state index in [0.29, 0.717) is 31.6 Å². The first-order chi connectivity index (χ1) is 12.3. The van der Waals surface area contributed by atoms with Gasteiger partial charge in [0.2, 0.25) is 0 Å². The first-order valence-corrected chi connectivity index (χ1v) is 8.22. The number of pyridine rings is 1. The van der Waals surface area contributed by atoms with Crippen molar-refractivity contribution in [3.63, 3.8) is 0 Å². The Labute approximate surface area is 148 Å². The SMILES string of the molecule is Cc1nc(N2CCC(NC(=O)c3ccccn3)CC2)cc(C(F)(F)F)n1. The molecule has 1 aliphatic heterocycles. The zero-order chi connectivity index (χ0) is 18.7. The Balaban J connectivity index is 1.62. The van der Waals surface area contributed by atoms with E-state index in [1.54, 1.807) is 29.3 Å². The Kier molecular flexibility index (Phi) is 5.06. The van der Waals surface area contributed by atoms with Gasteiger partial charge in [-0.25, -0.2) is 9.97 Å². The molecule has 6 nitrogen and oxygen atoms in total. The predicted octanol–water partition coefficient (Wildman–Crippen LogP) is 2.60. The number of hydrogen-bond acceptors (Lipinski definition) is 5. The van der Waals surface area contributed by atoms with E-state index in [4.69, 9.17) is 0 Å². The highest BCUT2D eigenvalue weighted by molar-refractivity contribution is 5.92. The van der Waals surface area contributed by atoms with Crippen LogP contribution < -0.4 is 10.2 Å². The second-order valence-corrected chi connectivity index (χ2v) is 6.11. The standard InChI is InChI=1S/C17H18F3N5O/c1-11-22-14(17(18,19)20)10-15(23-11)25-8-5-12(6-9-25)24-16(26)13-4-2-3-7-21-13/h2-4,7,10,12H,5-6,8-9H2,1H3,(H,24,26). The van der Waals surface area contributed by atoms with E-state index in [0.717, 1.165) is 6.07 Å².